The van der Waals surface area contributed by atoms with Gasteiger partial charge in [-0.2, -0.15) is 0 Å². The summed E-state index contributed by atoms with van der Waals surface area (Å²) in [4.78, 5) is 33.2. The van der Waals surface area contributed by atoms with Gasteiger partial charge in [0.05, 0.1) is 23.0 Å². The fraction of sp³-hybridized carbons (Fsp3) is 0.483. The van der Waals surface area contributed by atoms with Gasteiger partial charge in [-0.15, -0.1) is 0 Å². The van der Waals surface area contributed by atoms with E-state index in [9.17, 15) is 14.0 Å². The largest absolute Gasteiger partial charge is 0.339 e. The van der Waals surface area contributed by atoms with E-state index in [2.05, 4.69) is 23.0 Å². The molecule has 1 saturated carbocycles. The molecule has 2 aliphatic rings. The van der Waals surface area contributed by atoms with Crippen LogP contribution in [0.4, 0.5) is 4.39 Å². The number of Topliss-reactive ketones (excluding diaryl/α,β-unsaturated/α-hetero) is 1. The Bertz CT molecular complexity index is 1310. The van der Waals surface area contributed by atoms with E-state index >= 15 is 0 Å². The van der Waals surface area contributed by atoms with Gasteiger partial charge >= 0.3 is 0 Å². The average molecular weight is 491 g/mol. The van der Waals surface area contributed by atoms with E-state index in [1.165, 1.54) is 17.7 Å². The van der Waals surface area contributed by atoms with Gasteiger partial charge in [-0.1, -0.05) is 0 Å². The van der Waals surface area contributed by atoms with Gasteiger partial charge in [-0.25, -0.2) is 4.39 Å². The third-order valence-corrected chi connectivity index (χ3v) is 7.95. The van der Waals surface area contributed by atoms with E-state index in [1.807, 2.05) is 30.8 Å². The third-order valence-electron chi connectivity index (χ3n) is 7.95. The number of fused-ring (bicyclic) bond motifs is 1. The summed E-state index contributed by atoms with van der Waals surface area (Å²) in [5, 5.41) is 1.16. The van der Waals surface area contributed by atoms with Gasteiger partial charge in [0.25, 0.3) is 5.91 Å². The number of amides is 1. The van der Waals surface area contributed by atoms with E-state index in [0.29, 0.717) is 28.9 Å². The van der Waals surface area contributed by atoms with Crippen LogP contribution in [0.3, 0.4) is 0 Å². The fourth-order valence-electron chi connectivity index (χ4n) is 5.74. The number of benzene rings is 1. The normalized spacial score (nSPS) is 18.8. The van der Waals surface area contributed by atoms with Crippen molar-refractivity contribution in [2.24, 2.45) is 11.8 Å². The molecule has 1 aromatic carbocycles. The number of halogens is 1. The molecule has 0 N–H and O–H groups in total. The molecule has 1 amide bonds. The summed E-state index contributed by atoms with van der Waals surface area (Å²) in [5.74, 6) is 0.832. The van der Waals surface area contributed by atoms with Crippen molar-refractivity contribution in [2.45, 2.75) is 52.5 Å². The number of pyridine rings is 1. The topological polar surface area (TPSA) is 58.4 Å². The minimum atomic E-state index is -0.426. The summed E-state index contributed by atoms with van der Waals surface area (Å²) in [5.41, 5.74) is 4.27. The first-order valence-corrected chi connectivity index (χ1v) is 13.0. The van der Waals surface area contributed by atoms with Crippen molar-refractivity contribution in [3.8, 4) is 5.69 Å². The van der Waals surface area contributed by atoms with Crippen molar-refractivity contribution < 1.29 is 14.0 Å². The van der Waals surface area contributed by atoms with Crippen molar-refractivity contribution in [3.05, 3.63) is 59.3 Å². The highest BCUT2D eigenvalue weighted by atomic mass is 19.1. The van der Waals surface area contributed by atoms with Crippen LogP contribution in [0, 0.1) is 24.6 Å². The lowest BCUT2D eigenvalue weighted by Crippen LogP contribution is -2.35. The molecule has 5 rings (SSSR count). The highest BCUT2D eigenvalue weighted by Gasteiger charge is 2.32. The molecular formula is C29H35FN4O2. The average Bonchev–Trinajstić information content (AvgIpc) is 3.42. The minimum absolute atomic E-state index is 0.00198. The first-order chi connectivity index (χ1) is 17.2. The van der Waals surface area contributed by atoms with Gasteiger partial charge in [-0.3, -0.25) is 14.6 Å². The van der Waals surface area contributed by atoms with E-state index in [4.69, 9.17) is 0 Å². The van der Waals surface area contributed by atoms with Gasteiger partial charge in [0.1, 0.15) is 11.6 Å². The Balaban J connectivity index is 1.47. The maximum absolute atomic E-state index is 14.3. The van der Waals surface area contributed by atoms with Crippen LogP contribution in [0.15, 0.2) is 36.8 Å². The molecule has 1 aliphatic carbocycles. The Morgan fingerprint density at radius 3 is 2.72 bits per heavy atom. The molecule has 1 saturated heterocycles. The molecule has 2 fully saturated rings. The van der Waals surface area contributed by atoms with Crippen LogP contribution in [0.2, 0.25) is 0 Å². The molecule has 1 aliphatic heterocycles. The molecule has 0 spiro atoms. The zero-order chi connectivity index (χ0) is 25.6. The summed E-state index contributed by atoms with van der Waals surface area (Å²) in [6, 6.07) is 4.44. The summed E-state index contributed by atoms with van der Waals surface area (Å²) in [6.45, 7) is 9.11. The lowest BCUT2D eigenvalue weighted by Gasteiger charge is -2.28. The molecule has 6 nitrogen and oxygen atoms in total. The highest BCUT2D eigenvalue weighted by Crippen LogP contribution is 2.33. The SMILES string of the molecule is Cc1cncc2c1c(C[C@@H]1CCN(CC3CC(=O)C3)C1)cn2-c1ccc(F)cc1C(=O)N(C)C(C)C. The molecule has 190 valence electrons. The Morgan fingerprint density at radius 1 is 1.22 bits per heavy atom. The molecule has 0 unspecified atom stereocenters. The van der Waals surface area contributed by atoms with Crippen LogP contribution >= 0.6 is 0 Å². The molecule has 0 radical (unpaired) electrons. The van der Waals surface area contributed by atoms with Crippen LogP contribution < -0.4 is 0 Å². The van der Waals surface area contributed by atoms with Crippen molar-refractivity contribution in [1.29, 1.82) is 0 Å². The molecular weight excluding hydrogens is 455 g/mol. The third kappa shape index (κ3) is 4.69. The number of aryl methyl sites for hydroxylation is 1. The van der Waals surface area contributed by atoms with E-state index in [-0.39, 0.29) is 11.9 Å². The Morgan fingerprint density at radius 2 is 2.00 bits per heavy atom. The number of aromatic nitrogens is 2. The Kier molecular flexibility index (Phi) is 6.68. The maximum Gasteiger partial charge on any atom is 0.256 e. The van der Waals surface area contributed by atoms with Gasteiger partial charge in [0.2, 0.25) is 0 Å². The number of likely N-dealkylation sites (tertiary alicyclic amines) is 1. The predicted molar refractivity (Wildman–Crippen MR) is 139 cm³/mol. The van der Waals surface area contributed by atoms with Gasteiger partial charge in [-0.05, 0) is 81.3 Å². The van der Waals surface area contributed by atoms with E-state index in [0.717, 1.165) is 61.8 Å². The second-order valence-corrected chi connectivity index (χ2v) is 11.0. The number of hydrogen-bond donors (Lipinski definition) is 0. The molecule has 3 aromatic rings. The summed E-state index contributed by atoms with van der Waals surface area (Å²) in [6.07, 6.45) is 9.39. The summed E-state index contributed by atoms with van der Waals surface area (Å²) >= 11 is 0. The van der Waals surface area contributed by atoms with Crippen molar-refractivity contribution in [1.82, 2.24) is 19.4 Å². The molecule has 2 aromatic heterocycles. The number of nitrogens with zero attached hydrogens (tertiary/aromatic N) is 4. The second-order valence-electron chi connectivity index (χ2n) is 11.0. The molecule has 36 heavy (non-hydrogen) atoms. The van der Waals surface area contributed by atoms with Gasteiger partial charge in [0.15, 0.2) is 0 Å². The molecule has 3 heterocycles. The number of rotatable bonds is 7. The second kappa shape index (κ2) is 9.77. The molecule has 1 atom stereocenters. The van der Waals surface area contributed by atoms with Crippen LogP contribution in [0.25, 0.3) is 16.6 Å². The fourth-order valence-corrected chi connectivity index (χ4v) is 5.74. The highest BCUT2D eigenvalue weighted by molar-refractivity contribution is 5.99. The number of hydrogen-bond acceptors (Lipinski definition) is 4. The minimum Gasteiger partial charge on any atom is -0.339 e. The van der Waals surface area contributed by atoms with Crippen molar-refractivity contribution in [3.63, 3.8) is 0 Å². The standard InChI is InChI=1S/C29H35FN4O2/c1-18(2)32(4)29(36)25-12-23(30)5-6-26(25)34-17-22(28-19(3)13-31-14-27(28)34)9-20-7-8-33(15-20)16-21-10-24(35)11-21/h5-6,12-14,17-18,20-21H,7-11,15-16H2,1-4H3/t20-/m0/s1. The number of carbonyl (C=O) groups excluding carboxylic acids is 2. The first-order valence-electron chi connectivity index (χ1n) is 13.0. The molecule has 7 heteroatoms. The van der Waals surface area contributed by atoms with Gasteiger partial charge in [0, 0.05) is 56.8 Å². The van der Waals surface area contributed by atoms with E-state index in [1.54, 1.807) is 18.0 Å². The maximum atomic E-state index is 14.3. The predicted octanol–water partition coefficient (Wildman–Crippen LogP) is 4.80. The summed E-state index contributed by atoms with van der Waals surface area (Å²) in [7, 11) is 1.75. The quantitative estimate of drug-likeness (QED) is 0.478. The zero-order valence-corrected chi connectivity index (χ0v) is 21.6. The Labute approximate surface area is 212 Å². The van der Waals surface area contributed by atoms with Gasteiger partial charge < -0.3 is 14.4 Å². The van der Waals surface area contributed by atoms with Crippen LogP contribution in [-0.4, -0.2) is 63.8 Å². The van der Waals surface area contributed by atoms with Crippen molar-refractivity contribution in [2.75, 3.05) is 26.7 Å². The molecule has 0 bridgehead atoms. The van der Waals surface area contributed by atoms with Crippen LogP contribution in [-0.2, 0) is 11.2 Å². The monoisotopic (exact) mass is 490 g/mol. The lowest BCUT2D eigenvalue weighted by molar-refractivity contribution is -0.127. The Hall–Kier alpha value is -3.06. The van der Waals surface area contributed by atoms with Crippen LogP contribution in [0.5, 0.6) is 0 Å². The number of carbonyl (C=O) groups is 2. The van der Waals surface area contributed by atoms with Crippen molar-refractivity contribution >= 4 is 22.6 Å². The smallest absolute Gasteiger partial charge is 0.256 e. The van der Waals surface area contributed by atoms with E-state index < -0.39 is 5.82 Å². The van der Waals surface area contributed by atoms with Crippen LogP contribution in [0.1, 0.15) is 54.6 Å². The number of ketones is 1. The zero-order valence-electron chi connectivity index (χ0n) is 21.6. The first kappa shape index (κ1) is 24.6. The lowest BCUT2D eigenvalue weighted by atomic mass is 9.84. The summed E-state index contributed by atoms with van der Waals surface area (Å²) < 4.78 is 16.3.